The minimum absolute atomic E-state index is 0.0697. The highest BCUT2D eigenvalue weighted by Crippen LogP contribution is 2.36. The zero-order valence-electron chi connectivity index (χ0n) is 20.4. The van der Waals surface area contributed by atoms with Gasteiger partial charge in [0, 0.05) is 17.6 Å². The standard InChI is InChI=1S/C26H26N4O5S2/c1-16-19(10-12-34-16)23-28-29-26(30(23)13-18-9-6-11-35-18)37-15-21(31)27-24-22(25(32)33-2)20(14-36-24)17-7-4-3-5-8-17/h3-5,7-8,10,12,14,18H,6,9,11,13,15H2,1-2H3,(H,27,31). The molecule has 3 aromatic heterocycles. The Hall–Kier alpha value is -3.41. The van der Waals surface area contributed by atoms with Gasteiger partial charge in [-0.2, -0.15) is 0 Å². The lowest BCUT2D eigenvalue weighted by molar-refractivity contribution is -0.113. The highest BCUT2D eigenvalue weighted by atomic mass is 32.2. The minimum Gasteiger partial charge on any atom is -0.469 e. The fraction of sp³-hybridized carbons (Fsp3) is 0.308. The van der Waals surface area contributed by atoms with Crippen LogP contribution >= 0.6 is 23.1 Å². The maximum Gasteiger partial charge on any atom is 0.341 e. The molecule has 0 bridgehead atoms. The predicted octanol–water partition coefficient (Wildman–Crippen LogP) is 5.27. The van der Waals surface area contributed by atoms with E-state index in [4.69, 9.17) is 13.9 Å². The van der Waals surface area contributed by atoms with Crippen LogP contribution in [0.4, 0.5) is 5.00 Å². The molecule has 0 aliphatic carbocycles. The first-order valence-electron chi connectivity index (χ1n) is 11.8. The van der Waals surface area contributed by atoms with E-state index < -0.39 is 5.97 Å². The van der Waals surface area contributed by atoms with E-state index >= 15 is 0 Å². The molecule has 1 atom stereocenters. The fourth-order valence-corrected chi connectivity index (χ4v) is 5.97. The highest BCUT2D eigenvalue weighted by Gasteiger charge is 2.25. The molecule has 5 rings (SSSR count). The molecule has 37 heavy (non-hydrogen) atoms. The Labute approximate surface area is 222 Å². The molecule has 9 nitrogen and oxygen atoms in total. The number of thioether (sulfide) groups is 1. The van der Waals surface area contributed by atoms with Crippen molar-refractivity contribution in [2.24, 2.45) is 0 Å². The van der Waals surface area contributed by atoms with Crippen LogP contribution in [0.2, 0.25) is 0 Å². The molecule has 1 amide bonds. The minimum atomic E-state index is -0.500. The van der Waals surface area contributed by atoms with Gasteiger partial charge in [0.2, 0.25) is 5.91 Å². The van der Waals surface area contributed by atoms with Crippen molar-refractivity contribution in [2.45, 2.75) is 37.6 Å². The number of anilines is 1. The molecule has 1 aromatic carbocycles. The predicted molar refractivity (Wildman–Crippen MR) is 142 cm³/mol. The Morgan fingerprint density at radius 1 is 1.22 bits per heavy atom. The molecule has 1 saturated heterocycles. The summed E-state index contributed by atoms with van der Waals surface area (Å²) in [6.45, 7) is 3.21. The largest absolute Gasteiger partial charge is 0.469 e. The Morgan fingerprint density at radius 2 is 2.05 bits per heavy atom. The van der Waals surface area contributed by atoms with Crippen LogP contribution in [0.15, 0.2) is 57.6 Å². The van der Waals surface area contributed by atoms with E-state index in [0.717, 1.165) is 41.9 Å². The van der Waals surface area contributed by atoms with Gasteiger partial charge in [0.05, 0.1) is 37.3 Å². The number of amides is 1. The van der Waals surface area contributed by atoms with Gasteiger partial charge in [0.25, 0.3) is 0 Å². The average molecular weight is 539 g/mol. The second kappa shape index (κ2) is 11.3. The van der Waals surface area contributed by atoms with E-state index in [-0.39, 0.29) is 17.8 Å². The molecule has 192 valence electrons. The molecule has 4 aromatic rings. The lowest BCUT2D eigenvalue weighted by Gasteiger charge is -2.14. The smallest absolute Gasteiger partial charge is 0.341 e. The van der Waals surface area contributed by atoms with Crippen LogP contribution in [-0.4, -0.2) is 52.2 Å². The molecule has 11 heteroatoms. The molecular weight excluding hydrogens is 512 g/mol. The van der Waals surface area contributed by atoms with Crippen LogP contribution < -0.4 is 5.32 Å². The number of ether oxygens (including phenoxy) is 2. The molecule has 1 unspecified atom stereocenters. The van der Waals surface area contributed by atoms with Gasteiger partial charge in [-0.3, -0.25) is 9.36 Å². The SMILES string of the molecule is COC(=O)c1c(-c2ccccc2)csc1NC(=O)CSc1nnc(-c2ccoc2C)n1CC1CCCO1. The van der Waals surface area contributed by atoms with Gasteiger partial charge < -0.3 is 19.2 Å². The molecule has 1 N–H and O–H groups in total. The van der Waals surface area contributed by atoms with Crippen molar-refractivity contribution < 1.29 is 23.5 Å². The Balaban J connectivity index is 1.34. The number of hydrogen-bond acceptors (Lipinski definition) is 9. The zero-order chi connectivity index (χ0) is 25.8. The topological polar surface area (TPSA) is 108 Å². The van der Waals surface area contributed by atoms with Gasteiger partial charge >= 0.3 is 5.97 Å². The number of carbonyl (C=O) groups excluding carboxylic acids is 2. The van der Waals surface area contributed by atoms with E-state index in [9.17, 15) is 9.59 Å². The zero-order valence-corrected chi connectivity index (χ0v) is 22.1. The van der Waals surface area contributed by atoms with E-state index in [1.54, 1.807) is 6.26 Å². The summed E-state index contributed by atoms with van der Waals surface area (Å²) < 4.78 is 18.3. The van der Waals surface area contributed by atoms with Crippen LogP contribution in [0.3, 0.4) is 0 Å². The third-order valence-corrected chi connectivity index (χ3v) is 7.94. The number of aromatic nitrogens is 3. The van der Waals surface area contributed by atoms with Crippen LogP contribution in [0.25, 0.3) is 22.5 Å². The summed E-state index contributed by atoms with van der Waals surface area (Å²) >= 11 is 2.58. The molecule has 1 aliphatic rings. The lowest BCUT2D eigenvalue weighted by Crippen LogP contribution is -2.18. The fourth-order valence-electron chi connectivity index (χ4n) is 4.25. The summed E-state index contributed by atoms with van der Waals surface area (Å²) in [5.74, 6) is 0.762. The van der Waals surface area contributed by atoms with Crippen LogP contribution in [0.5, 0.6) is 0 Å². The van der Waals surface area contributed by atoms with Crippen molar-refractivity contribution in [1.82, 2.24) is 14.8 Å². The van der Waals surface area contributed by atoms with E-state index in [1.807, 2.05) is 53.3 Å². The van der Waals surface area contributed by atoms with Gasteiger partial charge in [-0.15, -0.1) is 21.5 Å². The second-order valence-corrected chi connectivity index (χ2v) is 10.3. The number of carbonyl (C=O) groups is 2. The number of hydrogen-bond donors (Lipinski definition) is 1. The van der Waals surface area contributed by atoms with Crippen molar-refractivity contribution in [3.8, 4) is 22.5 Å². The maximum atomic E-state index is 13.0. The Morgan fingerprint density at radius 3 is 2.76 bits per heavy atom. The summed E-state index contributed by atoms with van der Waals surface area (Å²) in [5, 5.41) is 14.6. The van der Waals surface area contributed by atoms with Crippen LogP contribution in [0, 0.1) is 6.92 Å². The number of nitrogens with zero attached hydrogens (tertiary/aromatic N) is 3. The second-order valence-electron chi connectivity index (χ2n) is 8.49. The number of nitrogens with one attached hydrogen (secondary N) is 1. The van der Waals surface area contributed by atoms with Crippen molar-refractivity contribution in [1.29, 1.82) is 0 Å². The molecule has 0 spiro atoms. The number of benzene rings is 1. The number of aryl methyl sites for hydroxylation is 1. The van der Waals surface area contributed by atoms with Crippen molar-refractivity contribution in [2.75, 3.05) is 24.8 Å². The average Bonchev–Trinajstić information content (AvgIpc) is 3.71. The number of thiophene rings is 1. The number of methoxy groups -OCH3 is 1. The van der Waals surface area contributed by atoms with Crippen molar-refractivity contribution >= 4 is 40.0 Å². The normalized spacial score (nSPS) is 15.1. The van der Waals surface area contributed by atoms with Crippen molar-refractivity contribution in [3.05, 3.63) is 59.4 Å². The molecule has 0 radical (unpaired) electrons. The molecule has 1 aliphatic heterocycles. The monoisotopic (exact) mass is 538 g/mol. The molecule has 4 heterocycles. The Kier molecular flexibility index (Phi) is 7.73. The number of rotatable bonds is 9. The lowest BCUT2D eigenvalue weighted by atomic mass is 10.0. The van der Waals surface area contributed by atoms with Gasteiger partial charge in [-0.05, 0) is 31.4 Å². The van der Waals surface area contributed by atoms with E-state index in [2.05, 4.69) is 15.5 Å². The van der Waals surface area contributed by atoms with E-state index in [0.29, 0.717) is 28.1 Å². The third-order valence-electron chi connectivity index (χ3n) is 6.08. The summed E-state index contributed by atoms with van der Waals surface area (Å²) in [6.07, 6.45) is 3.68. The number of esters is 1. The summed E-state index contributed by atoms with van der Waals surface area (Å²) in [7, 11) is 1.33. The van der Waals surface area contributed by atoms with Crippen LogP contribution in [0.1, 0.15) is 29.0 Å². The molecule has 0 saturated carbocycles. The van der Waals surface area contributed by atoms with Gasteiger partial charge in [-0.25, -0.2) is 4.79 Å². The summed E-state index contributed by atoms with van der Waals surface area (Å²) in [6, 6.07) is 11.4. The van der Waals surface area contributed by atoms with Crippen LogP contribution in [-0.2, 0) is 20.8 Å². The van der Waals surface area contributed by atoms with Crippen molar-refractivity contribution in [3.63, 3.8) is 0 Å². The maximum absolute atomic E-state index is 13.0. The summed E-state index contributed by atoms with van der Waals surface area (Å²) in [5.41, 5.74) is 2.79. The highest BCUT2D eigenvalue weighted by molar-refractivity contribution is 7.99. The van der Waals surface area contributed by atoms with E-state index in [1.165, 1.54) is 30.2 Å². The Bertz CT molecular complexity index is 1390. The van der Waals surface area contributed by atoms with Gasteiger partial charge in [0.15, 0.2) is 11.0 Å². The quantitative estimate of drug-likeness (QED) is 0.227. The third kappa shape index (κ3) is 5.48. The summed E-state index contributed by atoms with van der Waals surface area (Å²) in [4.78, 5) is 25.6. The molecule has 1 fully saturated rings. The first kappa shape index (κ1) is 25.2. The number of furan rings is 1. The first-order chi connectivity index (χ1) is 18.0. The van der Waals surface area contributed by atoms with Gasteiger partial charge in [0.1, 0.15) is 16.3 Å². The van der Waals surface area contributed by atoms with Gasteiger partial charge in [-0.1, -0.05) is 42.1 Å². The first-order valence-corrected chi connectivity index (χ1v) is 13.7. The molecular formula is C26H26N4O5S2.